The van der Waals surface area contributed by atoms with Crippen LogP contribution in [0.25, 0.3) is 6.08 Å². The van der Waals surface area contributed by atoms with Gasteiger partial charge in [0.2, 0.25) is 0 Å². The molecule has 0 aliphatic heterocycles. The topological polar surface area (TPSA) is 92.2 Å². The maximum Gasteiger partial charge on any atom is 0.328 e. The van der Waals surface area contributed by atoms with E-state index in [0.29, 0.717) is 0 Å². The van der Waals surface area contributed by atoms with Gasteiger partial charge in [0.25, 0.3) is 5.91 Å². The van der Waals surface area contributed by atoms with Crippen LogP contribution in [0.15, 0.2) is 42.9 Å². The van der Waals surface area contributed by atoms with Gasteiger partial charge in [-0.3, -0.25) is 9.78 Å². The summed E-state index contributed by atoms with van der Waals surface area (Å²) in [6, 6.07) is 3.91. The average Bonchev–Trinajstić information content (AvgIpc) is 2.47. The lowest BCUT2D eigenvalue weighted by atomic mass is 10.1. The maximum absolute atomic E-state index is 13.7. The summed E-state index contributed by atoms with van der Waals surface area (Å²) in [5.41, 5.74) is 0.443. The minimum Gasteiger partial charge on any atom is -0.478 e. The first-order valence-corrected chi connectivity index (χ1v) is 5.84. The average molecular weight is 287 g/mol. The number of carbonyl (C=O) groups is 2. The van der Waals surface area contributed by atoms with E-state index in [4.69, 9.17) is 5.11 Å². The first-order valence-electron chi connectivity index (χ1n) is 5.84. The van der Waals surface area contributed by atoms with Crippen LogP contribution in [0.3, 0.4) is 0 Å². The third-order valence-electron chi connectivity index (χ3n) is 2.46. The molecule has 0 saturated carbocycles. The number of halogens is 1. The van der Waals surface area contributed by atoms with E-state index in [-0.39, 0.29) is 16.9 Å². The molecule has 0 aliphatic rings. The van der Waals surface area contributed by atoms with Crippen LogP contribution in [0.2, 0.25) is 0 Å². The molecule has 6 nitrogen and oxygen atoms in total. The number of nitrogens with one attached hydrogen (secondary N) is 1. The molecule has 21 heavy (non-hydrogen) atoms. The lowest BCUT2D eigenvalue weighted by Gasteiger charge is -2.05. The van der Waals surface area contributed by atoms with Crippen molar-refractivity contribution in [2.45, 2.75) is 0 Å². The van der Waals surface area contributed by atoms with Crippen LogP contribution in [0.1, 0.15) is 16.1 Å². The lowest BCUT2D eigenvalue weighted by Crippen LogP contribution is -2.13. The standard InChI is InChI=1S/C14H10FN3O3/c15-11-7-10(3-1-9(11)2-4-13(19)20)18-14(21)12-8-16-5-6-17-12/h1-8H,(H,18,21)(H,19,20). The van der Waals surface area contributed by atoms with Crippen molar-refractivity contribution in [3.8, 4) is 0 Å². The minimum absolute atomic E-state index is 0.104. The van der Waals surface area contributed by atoms with Crippen LogP contribution in [-0.2, 0) is 4.79 Å². The van der Waals surface area contributed by atoms with Crippen molar-refractivity contribution < 1.29 is 19.1 Å². The molecule has 0 fully saturated rings. The third kappa shape index (κ3) is 3.93. The fourth-order valence-corrected chi connectivity index (χ4v) is 1.51. The number of aromatic nitrogens is 2. The highest BCUT2D eigenvalue weighted by Crippen LogP contribution is 2.16. The summed E-state index contributed by atoms with van der Waals surface area (Å²) in [5, 5.41) is 11.0. The van der Waals surface area contributed by atoms with Gasteiger partial charge in [0, 0.05) is 29.7 Å². The number of nitrogens with zero attached hydrogens (tertiary/aromatic N) is 2. The number of carbonyl (C=O) groups excluding carboxylic acids is 1. The first-order chi connectivity index (χ1) is 10.1. The molecule has 1 heterocycles. The minimum atomic E-state index is -1.17. The van der Waals surface area contributed by atoms with E-state index in [9.17, 15) is 14.0 Å². The van der Waals surface area contributed by atoms with Gasteiger partial charge >= 0.3 is 5.97 Å². The highest BCUT2D eigenvalue weighted by atomic mass is 19.1. The zero-order chi connectivity index (χ0) is 15.2. The zero-order valence-electron chi connectivity index (χ0n) is 10.7. The summed E-state index contributed by atoms with van der Waals surface area (Å²) in [6.45, 7) is 0. The van der Waals surface area contributed by atoms with Crippen molar-refractivity contribution in [3.63, 3.8) is 0 Å². The Labute approximate surface area is 119 Å². The molecule has 1 amide bonds. The molecule has 2 rings (SSSR count). The van der Waals surface area contributed by atoms with Crippen LogP contribution in [0, 0.1) is 5.82 Å². The molecule has 1 aromatic carbocycles. The molecule has 2 N–H and O–H groups in total. The molecule has 0 spiro atoms. The molecule has 0 saturated heterocycles. The van der Waals surface area contributed by atoms with E-state index in [1.165, 1.54) is 30.7 Å². The van der Waals surface area contributed by atoms with Gasteiger partial charge in [-0.25, -0.2) is 14.2 Å². The van der Waals surface area contributed by atoms with E-state index in [1.54, 1.807) is 0 Å². The fraction of sp³-hybridized carbons (Fsp3) is 0. The largest absolute Gasteiger partial charge is 0.478 e. The number of carboxylic acids is 1. The van der Waals surface area contributed by atoms with E-state index >= 15 is 0 Å². The van der Waals surface area contributed by atoms with Crippen molar-refractivity contribution in [3.05, 3.63) is 59.9 Å². The number of hydrogen-bond donors (Lipinski definition) is 2. The number of aliphatic carboxylic acids is 1. The van der Waals surface area contributed by atoms with Gasteiger partial charge in [0.15, 0.2) is 0 Å². The molecule has 2 aromatic rings. The van der Waals surface area contributed by atoms with Gasteiger partial charge < -0.3 is 10.4 Å². The molecule has 106 valence electrons. The molecule has 0 radical (unpaired) electrons. The van der Waals surface area contributed by atoms with Crippen molar-refractivity contribution in [1.29, 1.82) is 0 Å². The Morgan fingerprint density at radius 3 is 2.71 bits per heavy atom. The van der Waals surface area contributed by atoms with Gasteiger partial charge in [-0.1, -0.05) is 0 Å². The second kappa shape index (κ2) is 6.38. The van der Waals surface area contributed by atoms with Crippen molar-refractivity contribution >= 4 is 23.6 Å². The summed E-state index contributed by atoms with van der Waals surface area (Å²) in [6.07, 6.45) is 6.05. The Hall–Kier alpha value is -3.09. The molecule has 0 bridgehead atoms. The quantitative estimate of drug-likeness (QED) is 0.839. The molecular weight excluding hydrogens is 277 g/mol. The third-order valence-corrected chi connectivity index (χ3v) is 2.46. The van der Waals surface area contributed by atoms with E-state index in [1.807, 2.05) is 0 Å². The van der Waals surface area contributed by atoms with Gasteiger partial charge in [0.05, 0.1) is 6.20 Å². The number of hydrogen-bond acceptors (Lipinski definition) is 4. The number of benzene rings is 1. The monoisotopic (exact) mass is 287 g/mol. The zero-order valence-corrected chi connectivity index (χ0v) is 10.7. The highest BCUT2D eigenvalue weighted by Gasteiger charge is 2.09. The Morgan fingerprint density at radius 2 is 2.10 bits per heavy atom. The maximum atomic E-state index is 13.7. The lowest BCUT2D eigenvalue weighted by molar-refractivity contribution is -0.131. The Morgan fingerprint density at radius 1 is 1.29 bits per heavy atom. The second-order valence-corrected chi connectivity index (χ2v) is 3.95. The fourth-order valence-electron chi connectivity index (χ4n) is 1.51. The predicted octanol–water partition coefficient (Wildman–Crippen LogP) is 1.97. The molecule has 0 aliphatic carbocycles. The van der Waals surface area contributed by atoms with Crippen molar-refractivity contribution in [2.75, 3.05) is 5.32 Å². The van der Waals surface area contributed by atoms with Crippen molar-refractivity contribution in [1.82, 2.24) is 9.97 Å². The molecule has 0 unspecified atom stereocenters. The first kappa shape index (κ1) is 14.3. The van der Waals surface area contributed by atoms with Gasteiger partial charge in [0.1, 0.15) is 11.5 Å². The smallest absolute Gasteiger partial charge is 0.328 e. The molecular formula is C14H10FN3O3. The number of rotatable bonds is 4. The van der Waals surface area contributed by atoms with Crippen LogP contribution in [0.4, 0.5) is 10.1 Å². The molecule has 0 atom stereocenters. The SMILES string of the molecule is O=C(O)C=Cc1ccc(NC(=O)c2cnccn2)cc1F. The normalized spacial score (nSPS) is 10.5. The summed E-state index contributed by atoms with van der Waals surface area (Å²) in [5.74, 6) is -2.34. The Kier molecular flexibility index (Phi) is 4.35. The summed E-state index contributed by atoms with van der Waals surface area (Å²) < 4.78 is 13.7. The summed E-state index contributed by atoms with van der Waals surface area (Å²) in [7, 11) is 0. The number of amides is 1. The van der Waals surface area contributed by atoms with E-state index < -0.39 is 17.7 Å². The van der Waals surface area contributed by atoms with E-state index in [0.717, 1.165) is 18.2 Å². The van der Waals surface area contributed by atoms with Crippen LogP contribution >= 0.6 is 0 Å². The molecule has 1 aromatic heterocycles. The van der Waals surface area contributed by atoms with Crippen LogP contribution in [-0.4, -0.2) is 27.0 Å². The Balaban J connectivity index is 2.14. The van der Waals surface area contributed by atoms with E-state index in [2.05, 4.69) is 15.3 Å². The van der Waals surface area contributed by atoms with Gasteiger partial charge in [-0.05, 0) is 24.3 Å². The van der Waals surface area contributed by atoms with Gasteiger partial charge in [-0.2, -0.15) is 0 Å². The van der Waals surface area contributed by atoms with Crippen LogP contribution < -0.4 is 5.32 Å². The van der Waals surface area contributed by atoms with Crippen molar-refractivity contribution in [2.24, 2.45) is 0 Å². The summed E-state index contributed by atoms with van der Waals surface area (Å²) in [4.78, 5) is 29.7. The summed E-state index contributed by atoms with van der Waals surface area (Å²) >= 11 is 0. The highest BCUT2D eigenvalue weighted by molar-refractivity contribution is 6.02. The predicted molar refractivity (Wildman–Crippen MR) is 73.1 cm³/mol. The van der Waals surface area contributed by atoms with Crippen LogP contribution in [0.5, 0.6) is 0 Å². The number of carboxylic acid groups (broad SMARTS) is 1. The second-order valence-electron chi connectivity index (χ2n) is 3.95. The number of anilines is 1. The molecule has 7 heteroatoms. The van der Waals surface area contributed by atoms with Gasteiger partial charge in [-0.15, -0.1) is 0 Å². The Bertz CT molecular complexity index is 702.